The number of nitrogens with zero attached hydrogens (tertiary/aromatic N) is 1. The molecule has 2 rings (SSSR count). The topological polar surface area (TPSA) is 59.6 Å². The standard InChI is InChI=1S/C14H21N3O/c1-18-10-8-14(12-5-3-2-4-6-12)11-16-13(17-14)7-9-15/h2-6H,7-11,15H2,1H3,(H,16,17). The lowest BCUT2D eigenvalue weighted by atomic mass is 9.88. The van der Waals surface area contributed by atoms with Crippen molar-refractivity contribution in [2.75, 3.05) is 26.8 Å². The molecule has 1 aromatic carbocycles. The molecule has 0 saturated carbocycles. The Labute approximate surface area is 108 Å². The molecular weight excluding hydrogens is 226 g/mol. The molecule has 4 nitrogen and oxygen atoms in total. The summed E-state index contributed by atoms with van der Waals surface area (Å²) in [5, 5.41) is 3.37. The number of amidine groups is 1. The highest BCUT2D eigenvalue weighted by Gasteiger charge is 2.35. The highest BCUT2D eigenvalue weighted by atomic mass is 16.5. The minimum absolute atomic E-state index is 0.193. The molecule has 0 fully saturated rings. The Morgan fingerprint density at radius 3 is 2.83 bits per heavy atom. The zero-order valence-corrected chi connectivity index (χ0v) is 10.9. The van der Waals surface area contributed by atoms with Crippen LogP contribution in [0.3, 0.4) is 0 Å². The van der Waals surface area contributed by atoms with Crippen molar-refractivity contribution in [2.45, 2.75) is 18.4 Å². The van der Waals surface area contributed by atoms with Crippen LogP contribution in [-0.2, 0) is 10.3 Å². The molecule has 1 aliphatic heterocycles. The summed E-state index contributed by atoms with van der Waals surface area (Å²) in [6, 6.07) is 10.4. The van der Waals surface area contributed by atoms with E-state index in [1.807, 2.05) is 6.07 Å². The van der Waals surface area contributed by atoms with Gasteiger partial charge in [0.2, 0.25) is 0 Å². The van der Waals surface area contributed by atoms with Gasteiger partial charge in [-0.2, -0.15) is 0 Å². The molecule has 0 saturated heterocycles. The predicted octanol–water partition coefficient (Wildman–Crippen LogP) is 1.27. The van der Waals surface area contributed by atoms with E-state index in [9.17, 15) is 0 Å². The SMILES string of the molecule is COCCC1(c2ccccc2)CNC(CCN)=N1. The summed E-state index contributed by atoms with van der Waals surface area (Å²) >= 11 is 0. The van der Waals surface area contributed by atoms with Crippen molar-refractivity contribution in [2.24, 2.45) is 10.7 Å². The Morgan fingerprint density at radius 1 is 1.39 bits per heavy atom. The maximum Gasteiger partial charge on any atom is 0.107 e. The average Bonchev–Trinajstić information content (AvgIpc) is 2.83. The normalized spacial score (nSPS) is 22.7. The second kappa shape index (κ2) is 5.98. The van der Waals surface area contributed by atoms with Crippen LogP contribution in [0.4, 0.5) is 0 Å². The van der Waals surface area contributed by atoms with Crippen LogP contribution in [0, 0.1) is 0 Å². The maximum atomic E-state index is 5.59. The van der Waals surface area contributed by atoms with Crippen LogP contribution >= 0.6 is 0 Å². The number of ether oxygens (including phenoxy) is 1. The summed E-state index contributed by atoms with van der Waals surface area (Å²) in [6.45, 7) is 2.16. The second-order valence-corrected chi connectivity index (χ2v) is 4.59. The quantitative estimate of drug-likeness (QED) is 0.796. The van der Waals surface area contributed by atoms with Crippen LogP contribution in [0.25, 0.3) is 0 Å². The van der Waals surface area contributed by atoms with E-state index in [0.717, 1.165) is 25.2 Å². The van der Waals surface area contributed by atoms with Gasteiger partial charge < -0.3 is 15.8 Å². The van der Waals surface area contributed by atoms with Crippen molar-refractivity contribution < 1.29 is 4.74 Å². The van der Waals surface area contributed by atoms with Crippen LogP contribution in [0.1, 0.15) is 18.4 Å². The number of aliphatic imine (C=N–C) groups is 1. The number of hydrogen-bond acceptors (Lipinski definition) is 4. The smallest absolute Gasteiger partial charge is 0.107 e. The van der Waals surface area contributed by atoms with Gasteiger partial charge >= 0.3 is 0 Å². The first-order valence-electron chi connectivity index (χ1n) is 6.38. The van der Waals surface area contributed by atoms with Gasteiger partial charge in [-0.3, -0.25) is 4.99 Å². The predicted molar refractivity (Wildman–Crippen MR) is 73.7 cm³/mol. The lowest BCUT2D eigenvalue weighted by Crippen LogP contribution is -2.31. The molecule has 1 heterocycles. The third-order valence-electron chi connectivity index (χ3n) is 3.35. The van der Waals surface area contributed by atoms with Gasteiger partial charge in [0.25, 0.3) is 0 Å². The summed E-state index contributed by atoms with van der Waals surface area (Å²) < 4.78 is 5.22. The molecule has 98 valence electrons. The van der Waals surface area contributed by atoms with Gasteiger partial charge in [-0.25, -0.2) is 0 Å². The van der Waals surface area contributed by atoms with E-state index in [1.54, 1.807) is 7.11 Å². The summed E-state index contributed by atoms with van der Waals surface area (Å²) in [6.07, 6.45) is 1.69. The molecule has 4 heteroatoms. The Morgan fingerprint density at radius 2 is 2.17 bits per heavy atom. The number of rotatable bonds is 6. The lowest BCUT2D eigenvalue weighted by Gasteiger charge is -2.25. The number of nitrogens with one attached hydrogen (secondary N) is 1. The van der Waals surface area contributed by atoms with Crippen molar-refractivity contribution in [3.63, 3.8) is 0 Å². The van der Waals surface area contributed by atoms with Gasteiger partial charge in [0.1, 0.15) is 5.54 Å². The van der Waals surface area contributed by atoms with E-state index in [2.05, 4.69) is 29.6 Å². The first-order chi connectivity index (χ1) is 8.80. The van der Waals surface area contributed by atoms with Gasteiger partial charge in [0.15, 0.2) is 0 Å². The van der Waals surface area contributed by atoms with Crippen LogP contribution in [0.15, 0.2) is 35.3 Å². The van der Waals surface area contributed by atoms with Gasteiger partial charge in [0.05, 0.1) is 5.84 Å². The van der Waals surface area contributed by atoms with E-state index in [4.69, 9.17) is 15.5 Å². The third-order valence-corrected chi connectivity index (χ3v) is 3.35. The zero-order chi connectivity index (χ0) is 12.8. The molecule has 3 N–H and O–H groups in total. The van der Waals surface area contributed by atoms with E-state index < -0.39 is 0 Å². The molecule has 1 atom stereocenters. The van der Waals surface area contributed by atoms with Crippen molar-refractivity contribution in [3.8, 4) is 0 Å². The Bertz CT molecular complexity index is 405. The highest BCUT2D eigenvalue weighted by Crippen LogP contribution is 2.32. The minimum Gasteiger partial charge on any atom is -0.385 e. The van der Waals surface area contributed by atoms with Crippen molar-refractivity contribution >= 4 is 5.84 Å². The van der Waals surface area contributed by atoms with Gasteiger partial charge in [-0.15, -0.1) is 0 Å². The van der Waals surface area contributed by atoms with Crippen molar-refractivity contribution in [1.29, 1.82) is 0 Å². The molecule has 1 unspecified atom stereocenters. The molecule has 0 bridgehead atoms. The fraction of sp³-hybridized carbons (Fsp3) is 0.500. The molecule has 1 aliphatic rings. The Kier molecular flexibility index (Phi) is 4.33. The van der Waals surface area contributed by atoms with Crippen molar-refractivity contribution in [3.05, 3.63) is 35.9 Å². The maximum absolute atomic E-state index is 5.59. The lowest BCUT2D eigenvalue weighted by molar-refractivity contribution is 0.171. The molecule has 0 spiro atoms. The Balaban J connectivity index is 2.25. The largest absolute Gasteiger partial charge is 0.385 e. The van der Waals surface area contributed by atoms with Crippen LogP contribution in [-0.4, -0.2) is 32.6 Å². The van der Waals surface area contributed by atoms with E-state index in [-0.39, 0.29) is 5.54 Å². The van der Waals surface area contributed by atoms with Crippen molar-refractivity contribution in [1.82, 2.24) is 5.32 Å². The number of benzene rings is 1. The van der Waals surface area contributed by atoms with Crippen LogP contribution in [0.5, 0.6) is 0 Å². The van der Waals surface area contributed by atoms with E-state index in [1.165, 1.54) is 5.56 Å². The first kappa shape index (κ1) is 13.1. The molecule has 0 aromatic heterocycles. The van der Waals surface area contributed by atoms with Gasteiger partial charge in [0, 0.05) is 33.1 Å². The Hall–Kier alpha value is -1.39. The fourth-order valence-corrected chi connectivity index (χ4v) is 2.34. The van der Waals surface area contributed by atoms with E-state index in [0.29, 0.717) is 13.2 Å². The van der Waals surface area contributed by atoms with Crippen LogP contribution in [0.2, 0.25) is 0 Å². The molecule has 0 radical (unpaired) electrons. The molecular formula is C14H21N3O. The number of hydrogen-bond donors (Lipinski definition) is 2. The van der Waals surface area contributed by atoms with Crippen LogP contribution < -0.4 is 11.1 Å². The van der Waals surface area contributed by atoms with E-state index >= 15 is 0 Å². The van der Waals surface area contributed by atoms with Gasteiger partial charge in [-0.05, 0) is 12.1 Å². The number of nitrogens with two attached hydrogens (primary N) is 1. The third kappa shape index (κ3) is 2.71. The monoisotopic (exact) mass is 247 g/mol. The first-order valence-corrected chi connectivity index (χ1v) is 6.38. The number of methoxy groups -OCH3 is 1. The molecule has 0 amide bonds. The molecule has 18 heavy (non-hydrogen) atoms. The molecule has 0 aliphatic carbocycles. The average molecular weight is 247 g/mol. The minimum atomic E-state index is -0.193. The summed E-state index contributed by atoms with van der Waals surface area (Å²) in [4.78, 5) is 4.86. The molecule has 1 aromatic rings. The fourth-order valence-electron chi connectivity index (χ4n) is 2.34. The van der Waals surface area contributed by atoms with Gasteiger partial charge in [-0.1, -0.05) is 30.3 Å². The highest BCUT2D eigenvalue weighted by molar-refractivity contribution is 5.84. The zero-order valence-electron chi connectivity index (χ0n) is 10.9. The summed E-state index contributed by atoms with van der Waals surface area (Å²) in [5.41, 5.74) is 6.64. The summed E-state index contributed by atoms with van der Waals surface area (Å²) in [5.74, 6) is 1.01. The second-order valence-electron chi connectivity index (χ2n) is 4.59. The summed E-state index contributed by atoms with van der Waals surface area (Å²) in [7, 11) is 1.73.